The molecule has 2 aromatic rings. The van der Waals surface area contributed by atoms with Crippen LogP contribution in [0.15, 0.2) is 40.2 Å². The van der Waals surface area contributed by atoms with E-state index >= 15 is 0 Å². The van der Waals surface area contributed by atoms with Gasteiger partial charge >= 0.3 is 0 Å². The molecule has 2 aliphatic rings. The highest BCUT2D eigenvalue weighted by atomic mass is 32.2. The molecule has 1 amide bonds. The molecule has 0 bridgehead atoms. The van der Waals surface area contributed by atoms with Crippen molar-refractivity contribution in [3.63, 3.8) is 0 Å². The first-order valence-corrected chi connectivity index (χ1v) is 10.0. The number of fused-ring (bicyclic) bond motifs is 1. The van der Waals surface area contributed by atoms with Gasteiger partial charge in [-0.25, -0.2) is 8.42 Å². The number of rotatable bonds is 3. The van der Waals surface area contributed by atoms with Gasteiger partial charge in [-0.1, -0.05) is 18.2 Å². The quantitative estimate of drug-likeness (QED) is 0.822. The maximum Gasteiger partial charge on any atom is 0.298 e. The average molecular weight is 361 g/mol. The minimum atomic E-state index is -3.11. The summed E-state index contributed by atoms with van der Waals surface area (Å²) in [4.78, 5) is 20.7. The number of anilines is 1. The van der Waals surface area contributed by atoms with Crippen molar-refractivity contribution in [2.45, 2.75) is 6.42 Å². The Balaban J connectivity index is 1.35. The molecule has 0 aliphatic carbocycles. The van der Waals surface area contributed by atoms with Crippen LogP contribution in [-0.4, -0.2) is 56.1 Å². The molecular formula is C17H19N3O4S. The summed E-state index contributed by atoms with van der Waals surface area (Å²) < 4.78 is 28.6. The Kier molecular flexibility index (Phi) is 3.99. The molecule has 3 heterocycles. The van der Waals surface area contributed by atoms with E-state index in [0.717, 1.165) is 11.1 Å². The van der Waals surface area contributed by atoms with Crippen molar-refractivity contribution in [1.29, 1.82) is 0 Å². The van der Waals surface area contributed by atoms with Crippen LogP contribution in [0.3, 0.4) is 0 Å². The highest BCUT2D eigenvalue weighted by molar-refractivity contribution is 7.94. The van der Waals surface area contributed by atoms with E-state index in [1.54, 1.807) is 11.0 Å². The van der Waals surface area contributed by atoms with Gasteiger partial charge in [0.15, 0.2) is 15.4 Å². The molecule has 4 rings (SSSR count). The maximum absolute atomic E-state index is 12.4. The lowest BCUT2D eigenvalue weighted by molar-refractivity contribution is -0.132. The lowest BCUT2D eigenvalue weighted by Gasteiger charge is -2.34. The van der Waals surface area contributed by atoms with Gasteiger partial charge < -0.3 is 14.2 Å². The first-order valence-electron chi connectivity index (χ1n) is 8.29. The molecule has 0 saturated carbocycles. The number of hydrogen-bond acceptors (Lipinski definition) is 6. The predicted octanol–water partition coefficient (Wildman–Crippen LogP) is 1.42. The number of benzene rings is 1. The van der Waals surface area contributed by atoms with Crippen molar-refractivity contribution in [3.8, 4) is 0 Å². The summed E-state index contributed by atoms with van der Waals surface area (Å²) in [6, 6.07) is 8.20. The molecule has 0 spiro atoms. The second kappa shape index (κ2) is 6.18. The van der Waals surface area contributed by atoms with Gasteiger partial charge in [-0.3, -0.25) is 4.79 Å². The largest absolute Gasteiger partial charge is 0.423 e. The van der Waals surface area contributed by atoms with E-state index in [9.17, 15) is 13.2 Å². The fourth-order valence-corrected chi connectivity index (χ4v) is 4.66. The number of piperazine rings is 1. The Morgan fingerprint density at radius 2 is 1.96 bits per heavy atom. The molecule has 7 nitrogen and oxygen atoms in total. The second-order valence-electron chi connectivity index (χ2n) is 6.45. The van der Waals surface area contributed by atoms with E-state index in [-0.39, 0.29) is 24.0 Å². The first kappa shape index (κ1) is 16.1. The molecule has 1 atom stereocenters. The fraction of sp³-hybridized carbons (Fsp3) is 0.412. The van der Waals surface area contributed by atoms with Crippen LogP contribution in [0.1, 0.15) is 6.42 Å². The van der Waals surface area contributed by atoms with Crippen LogP contribution < -0.4 is 4.90 Å². The van der Waals surface area contributed by atoms with Crippen LogP contribution in [0.5, 0.6) is 0 Å². The van der Waals surface area contributed by atoms with E-state index < -0.39 is 9.84 Å². The molecule has 1 fully saturated rings. The van der Waals surface area contributed by atoms with Gasteiger partial charge in [-0.05, 0) is 12.1 Å². The van der Waals surface area contributed by atoms with Gasteiger partial charge in [0.1, 0.15) is 5.52 Å². The van der Waals surface area contributed by atoms with Crippen LogP contribution >= 0.6 is 0 Å². The monoisotopic (exact) mass is 361 g/mol. The number of sulfone groups is 1. The SMILES string of the molecule is O=C(C[C@@H]1C=CS(=O)(=O)C1)N1CCN(c2nc3ccccc3o2)CC1. The fourth-order valence-electron chi connectivity index (χ4n) is 3.26. The molecular weight excluding hydrogens is 342 g/mol. The van der Waals surface area contributed by atoms with Gasteiger partial charge in [0.25, 0.3) is 6.01 Å². The maximum atomic E-state index is 12.4. The van der Waals surface area contributed by atoms with E-state index in [4.69, 9.17) is 4.42 Å². The summed E-state index contributed by atoms with van der Waals surface area (Å²) in [5.74, 6) is -0.154. The first-order chi connectivity index (χ1) is 12.0. The zero-order valence-corrected chi connectivity index (χ0v) is 14.5. The van der Waals surface area contributed by atoms with Crippen LogP contribution in [0, 0.1) is 5.92 Å². The smallest absolute Gasteiger partial charge is 0.298 e. The number of oxazole rings is 1. The molecule has 8 heteroatoms. The van der Waals surface area contributed by atoms with Crippen molar-refractivity contribution >= 4 is 32.9 Å². The average Bonchev–Trinajstić information content (AvgIpc) is 3.18. The van der Waals surface area contributed by atoms with Crippen LogP contribution in [0.4, 0.5) is 6.01 Å². The molecule has 132 valence electrons. The van der Waals surface area contributed by atoms with E-state index in [1.165, 1.54) is 5.41 Å². The molecule has 0 unspecified atom stereocenters. The van der Waals surface area contributed by atoms with Crippen LogP contribution in [0.2, 0.25) is 0 Å². The molecule has 1 saturated heterocycles. The second-order valence-corrected chi connectivity index (χ2v) is 8.39. The highest BCUT2D eigenvalue weighted by Gasteiger charge is 2.28. The number of para-hydroxylation sites is 2. The van der Waals surface area contributed by atoms with Crippen molar-refractivity contribution in [2.24, 2.45) is 5.92 Å². The molecule has 2 aliphatic heterocycles. The summed E-state index contributed by atoms with van der Waals surface area (Å²) in [6.07, 6.45) is 1.88. The normalized spacial score (nSPS) is 22.6. The third-order valence-electron chi connectivity index (χ3n) is 4.63. The summed E-state index contributed by atoms with van der Waals surface area (Å²) in [6.45, 7) is 2.47. The number of nitrogens with zero attached hydrogens (tertiary/aromatic N) is 3. The number of carbonyl (C=O) groups excluding carboxylic acids is 1. The minimum Gasteiger partial charge on any atom is -0.423 e. The topological polar surface area (TPSA) is 83.7 Å². The van der Waals surface area contributed by atoms with Gasteiger partial charge in [0.05, 0.1) is 5.75 Å². The summed E-state index contributed by atoms with van der Waals surface area (Å²) in [5.41, 5.74) is 1.58. The number of amides is 1. The molecule has 0 N–H and O–H groups in total. The summed E-state index contributed by atoms with van der Waals surface area (Å²) in [5, 5.41) is 1.22. The molecule has 1 aromatic carbocycles. The predicted molar refractivity (Wildman–Crippen MR) is 93.8 cm³/mol. The zero-order chi connectivity index (χ0) is 17.4. The molecule has 0 radical (unpaired) electrons. The van der Waals surface area contributed by atoms with E-state index in [0.29, 0.717) is 32.2 Å². The third-order valence-corrected chi connectivity index (χ3v) is 6.09. The Labute approximate surface area is 145 Å². The summed E-state index contributed by atoms with van der Waals surface area (Å²) in [7, 11) is -3.11. The van der Waals surface area contributed by atoms with E-state index in [1.807, 2.05) is 29.2 Å². The number of allylic oxidation sites excluding steroid dienone is 1. The standard InChI is InChI=1S/C17H19N3O4S/c21-16(11-13-5-10-25(22,23)12-13)19-6-8-20(9-7-19)17-18-14-3-1-2-4-15(14)24-17/h1-5,10,13H,6-9,11-12H2/t13-/m0/s1. The number of carbonyl (C=O) groups is 1. The summed E-state index contributed by atoms with van der Waals surface area (Å²) >= 11 is 0. The zero-order valence-electron chi connectivity index (χ0n) is 13.7. The van der Waals surface area contributed by atoms with E-state index in [2.05, 4.69) is 4.98 Å². The lowest BCUT2D eigenvalue weighted by atomic mass is 10.1. The van der Waals surface area contributed by atoms with Crippen molar-refractivity contribution < 1.29 is 17.6 Å². The Bertz CT molecular complexity index is 893. The highest BCUT2D eigenvalue weighted by Crippen LogP contribution is 2.23. The Hall–Kier alpha value is -2.35. The minimum absolute atomic E-state index is 0.00367. The van der Waals surface area contributed by atoms with Gasteiger partial charge in [0, 0.05) is 43.9 Å². The Morgan fingerprint density at radius 3 is 2.64 bits per heavy atom. The molecule has 25 heavy (non-hydrogen) atoms. The van der Waals surface area contributed by atoms with Crippen molar-refractivity contribution in [1.82, 2.24) is 9.88 Å². The van der Waals surface area contributed by atoms with Gasteiger partial charge in [-0.15, -0.1) is 0 Å². The Morgan fingerprint density at radius 1 is 1.20 bits per heavy atom. The van der Waals surface area contributed by atoms with Crippen LogP contribution in [-0.2, 0) is 14.6 Å². The van der Waals surface area contributed by atoms with Crippen LogP contribution in [0.25, 0.3) is 11.1 Å². The molecule has 1 aromatic heterocycles. The number of aromatic nitrogens is 1. The third kappa shape index (κ3) is 3.39. The van der Waals surface area contributed by atoms with Crippen molar-refractivity contribution in [2.75, 3.05) is 36.8 Å². The van der Waals surface area contributed by atoms with Crippen molar-refractivity contribution in [3.05, 3.63) is 35.7 Å². The lowest BCUT2D eigenvalue weighted by Crippen LogP contribution is -2.49. The number of hydrogen-bond donors (Lipinski definition) is 0. The van der Waals surface area contributed by atoms with Gasteiger partial charge in [0.2, 0.25) is 5.91 Å². The van der Waals surface area contributed by atoms with Gasteiger partial charge in [-0.2, -0.15) is 4.98 Å².